The highest BCUT2D eigenvalue weighted by Gasteiger charge is 2.46. The van der Waals surface area contributed by atoms with Crippen LogP contribution < -0.4 is 9.64 Å². The number of carbonyl (C=O) groups excluding carboxylic acids is 2. The van der Waals surface area contributed by atoms with Crippen LogP contribution in [0.15, 0.2) is 82.7 Å². The average molecular weight is 501 g/mol. The molecule has 1 unspecified atom stereocenters. The molecule has 1 amide bonds. The van der Waals surface area contributed by atoms with Crippen LogP contribution in [0.3, 0.4) is 0 Å². The van der Waals surface area contributed by atoms with Gasteiger partial charge in [-0.15, -0.1) is 0 Å². The van der Waals surface area contributed by atoms with E-state index in [0.717, 1.165) is 0 Å². The van der Waals surface area contributed by atoms with E-state index in [0.29, 0.717) is 38.3 Å². The number of anilines is 1. The summed E-state index contributed by atoms with van der Waals surface area (Å²) in [6.07, 6.45) is 3.10. The number of halogens is 1. The number of furan rings is 1. The molecule has 178 valence electrons. The predicted octanol–water partition coefficient (Wildman–Crippen LogP) is 5.15. The predicted molar refractivity (Wildman–Crippen MR) is 132 cm³/mol. The van der Waals surface area contributed by atoms with E-state index in [4.69, 9.17) is 20.8 Å². The summed E-state index contributed by atoms with van der Waals surface area (Å²) < 4.78 is 11.2. The Kier molecular flexibility index (Phi) is 5.01. The SMILES string of the molecule is COc1cc(Cl)cc2cc(C(=O)C3=C(O)C(=O)N(c4nc5ccccc5[nH]4)C3c3cccnc3)oc12. The quantitative estimate of drug-likeness (QED) is 0.320. The second kappa shape index (κ2) is 8.24. The number of pyridine rings is 1. The maximum Gasteiger partial charge on any atom is 0.296 e. The molecule has 0 saturated heterocycles. The number of aliphatic hydroxyl groups excluding tert-OH is 1. The second-order valence-corrected chi connectivity index (χ2v) is 8.61. The first kappa shape index (κ1) is 21.9. The van der Waals surface area contributed by atoms with Crippen molar-refractivity contribution < 1.29 is 23.8 Å². The molecule has 0 bridgehead atoms. The third-order valence-corrected chi connectivity index (χ3v) is 6.27. The van der Waals surface area contributed by atoms with E-state index in [1.807, 2.05) is 18.2 Å². The number of aromatic amines is 1. The average Bonchev–Trinajstić information content (AvgIpc) is 3.58. The number of aliphatic hydroxyl groups is 1. The fourth-order valence-electron chi connectivity index (χ4n) is 4.44. The number of benzene rings is 2. The van der Waals surface area contributed by atoms with Crippen molar-refractivity contribution in [3.63, 3.8) is 0 Å². The molecule has 0 spiro atoms. The minimum absolute atomic E-state index is 0.0831. The number of carbonyl (C=O) groups is 2. The Morgan fingerprint density at radius 3 is 2.78 bits per heavy atom. The van der Waals surface area contributed by atoms with Crippen molar-refractivity contribution in [2.75, 3.05) is 12.0 Å². The molecule has 36 heavy (non-hydrogen) atoms. The van der Waals surface area contributed by atoms with Crippen molar-refractivity contribution in [2.24, 2.45) is 0 Å². The lowest BCUT2D eigenvalue weighted by molar-refractivity contribution is -0.117. The summed E-state index contributed by atoms with van der Waals surface area (Å²) in [7, 11) is 1.46. The highest BCUT2D eigenvalue weighted by Crippen LogP contribution is 2.42. The number of aromatic nitrogens is 3. The van der Waals surface area contributed by atoms with E-state index in [-0.39, 0.29) is 17.3 Å². The molecule has 2 N–H and O–H groups in total. The second-order valence-electron chi connectivity index (χ2n) is 8.17. The number of para-hydroxylation sites is 2. The molecular weight excluding hydrogens is 484 g/mol. The van der Waals surface area contributed by atoms with Crippen LogP contribution in [-0.2, 0) is 4.79 Å². The number of methoxy groups -OCH3 is 1. The summed E-state index contributed by atoms with van der Waals surface area (Å²) in [6, 6.07) is 14.4. The Morgan fingerprint density at radius 1 is 1.19 bits per heavy atom. The van der Waals surface area contributed by atoms with Crippen LogP contribution in [0.25, 0.3) is 22.0 Å². The smallest absolute Gasteiger partial charge is 0.296 e. The number of nitrogens with zero attached hydrogens (tertiary/aromatic N) is 3. The first-order valence-electron chi connectivity index (χ1n) is 10.9. The van der Waals surface area contributed by atoms with Gasteiger partial charge in [-0.2, -0.15) is 0 Å². The molecule has 10 heteroatoms. The van der Waals surface area contributed by atoms with Gasteiger partial charge in [0.1, 0.15) is 0 Å². The summed E-state index contributed by atoms with van der Waals surface area (Å²) >= 11 is 6.16. The Bertz CT molecular complexity index is 1670. The third-order valence-electron chi connectivity index (χ3n) is 6.05. The van der Waals surface area contributed by atoms with E-state index >= 15 is 0 Å². The molecular formula is C26H17ClN4O5. The first-order chi connectivity index (χ1) is 17.5. The van der Waals surface area contributed by atoms with Crippen molar-refractivity contribution in [1.29, 1.82) is 0 Å². The first-order valence-corrected chi connectivity index (χ1v) is 11.3. The molecule has 2 aromatic carbocycles. The largest absolute Gasteiger partial charge is 0.503 e. The van der Waals surface area contributed by atoms with Gasteiger partial charge in [-0.25, -0.2) is 4.98 Å². The number of nitrogens with one attached hydrogen (secondary N) is 1. The summed E-state index contributed by atoms with van der Waals surface area (Å²) in [5.41, 5.74) is 2.01. The number of hydrogen-bond donors (Lipinski definition) is 2. The van der Waals surface area contributed by atoms with Crippen LogP contribution in [0.4, 0.5) is 5.95 Å². The zero-order valence-corrected chi connectivity index (χ0v) is 19.5. The summed E-state index contributed by atoms with van der Waals surface area (Å²) in [4.78, 5) is 40.1. The molecule has 9 nitrogen and oxygen atoms in total. The number of H-pyrrole nitrogens is 1. The van der Waals surface area contributed by atoms with E-state index < -0.39 is 23.5 Å². The summed E-state index contributed by atoms with van der Waals surface area (Å²) in [5.74, 6) is -1.68. The van der Waals surface area contributed by atoms with Crippen molar-refractivity contribution in [1.82, 2.24) is 15.0 Å². The highest BCUT2D eigenvalue weighted by molar-refractivity contribution is 6.31. The zero-order valence-electron chi connectivity index (χ0n) is 18.7. The lowest BCUT2D eigenvalue weighted by Crippen LogP contribution is -2.32. The van der Waals surface area contributed by atoms with Crippen LogP contribution in [0.5, 0.6) is 5.75 Å². The lowest BCUT2D eigenvalue weighted by Gasteiger charge is -2.23. The Hall–Kier alpha value is -4.63. The molecule has 0 aliphatic carbocycles. The number of amides is 1. The number of imidazole rings is 1. The van der Waals surface area contributed by atoms with Gasteiger partial charge in [-0.05, 0) is 35.9 Å². The van der Waals surface area contributed by atoms with Gasteiger partial charge >= 0.3 is 0 Å². The maximum atomic E-state index is 13.8. The van der Waals surface area contributed by atoms with Crippen molar-refractivity contribution in [3.8, 4) is 5.75 Å². The number of ketones is 1. The van der Waals surface area contributed by atoms with Crippen LogP contribution in [0.2, 0.25) is 5.02 Å². The number of hydrogen-bond acceptors (Lipinski definition) is 7. The monoisotopic (exact) mass is 500 g/mol. The third kappa shape index (κ3) is 3.32. The van der Waals surface area contributed by atoms with Gasteiger partial charge < -0.3 is 19.2 Å². The fraction of sp³-hybridized carbons (Fsp3) is 0.0769. The van der Waals surface area contributed by atoms with Gasteiger partial charge in [-0.3, -0.25) is 19.5 Å². The lowest BCUT2D eigenvalue weighted by atomic mass is 9.96. The van der Waals surface area contributed by atoms with E-state index in [9.17, 15) is 14.7 Å². The standard InChI is InChI=1S/C26H17ClN4O5/c1-35-19-11-15(27)9-14-10-18(36-24(14)19)22(32)20-21(13-5-4-8-28-12-13)31(25(34)23(20)33)26-29-16-6-2-3-7-17(16)30-26/h2-12,21,33H,1H3,(H,29,30). The zero-order chi connectivity index (χ0) is 25.0. The minimum Gasteiger partial charge on any atom is -0.503 e. The van der Waals surface area contributed by atoms with Gasteiger partial charge in [0, 0.05) is 28.9 Å². The van der Waals surface area contributed by atoms with Gasteiger partial charge in [0.2, 0.25) is 11.7 Å². The van der Waals surface area contributed by atoms with Crippen molar-refractivity contribution in [3.05, 3.63) is 94.7 Å². The number of rotatable bonds is 5. The van der Waals surface area contributed by atoms with Crippen LogP contribution in [0, 0.1) is 0 Å². The number of Topliss-reactive ketones (excluding diaryl/α,β-unsaturated/α-hetero) is 1. The molecule has 4 heterocycles. The van der Waals surface area contributed by atoms with E-state index in [1.54, 1.807) is 36.5 Å². The summed E-state index contributed by atoms with van der Waals surface area (Å²) in [6.45, 7) is 0. The maximum absolute atomic E-state index is 13.8. The Balaban J connectivity index is 1.50. The molecule has 3 aromatic heterocycles. The van der Waals surface area contributed by atoms with Gasteiger partial charge in [0.25, 0.3) is 5.91 Å². The van der Waals surface area contributed by atoms with Crippen molar-refractivity contribution in [2.45, 2.75) is 6.04 Å². The van der Waals surface area contributed by atoms with Crippen molar-refractivity contribution >= 4 is 51.2 Å². The van der Waals surface area contributed by atoms with Crippen LogP contribution >= 0.6 is 11.6 Å². The molecule has 0 fully saturated rings. The molecule has 1 aliphatic heterocycles. The van der Waals surface area contributed by atoms with Gasteiger partial charge in [-0.1, -0.05) is 29.8 Å². The van der Waals surface area contributed by atoms with Gasteiger partial charge in [0.05, 0.1) is 29.8 Å². The Labute approximate surface area is 208 Å². The molecule has 0 saturated carbocycles. The summed E-state index contributed by atoms with van der Waals surface area (Å²) in [5, 5.41) is 11.9. The van der Waals surface area contributed by atoms with Crippen LogP contribution in [0.1, 0.15) is 22.2 Å². The number of ether oxygens (including phenoxy) is 1. The van der Waals surface area contributed by atoms with Gasteiger partial charge in [0.15, 0.2) is 22.9 Å². The minimum atomic E-state index is -1.00. The van der Waals surface area contributed by atoms with Crippen LogP contribution in [-0.4, -0.2) is 38.9 Å². The molecule has 6 rings (SSSR count). The topological polar surface area (TPSA) is 122 Å². The molecule has 1 aliphatic rings. The fourth-order valence-corrected chi connectivity index (χ4v) is 4.66. The molecule has 1 atom stereocenters. The molecule has 0 radical (unpaired) electrons. The molecule has 5 aromatic rings. The Morgan fingerprint density at radius 2 is 2.03 bits per heavy atom. The van der Waals surface area contributed by atoms with E-state index in [1.165, 1.54) is 24.3 Å². The van der Waals surface area contributed by atoms with E-state index in [2.05, 4.69) is 15.0 Å². The number of fused-ring (bicyclic) bond motifs is 2. The normalized spacial score (nSPS) is 15.9. The highest BCUT2D eigenvalue weighted by atomic mass is 35.5.